The summed E-state index contributed by atoms with van der Waals surface area (Å²) in [5.41, 5.74) is 0.133. The molecule has 1 rings (SSSR count). The van der Waals surface area contributed by atoms with Crippen molar-refractivity contribution in [1.29, 1.82) is 0 Å². The van der Waals surface area contributed by atoms with E-state index >= 15 is 0 Å². The molecule has 0 aromatic rings. The largest absolute Gasteiger partial charge is 0.393 e. The van der Waals surface area contributed by atoms with Gasteiger partial charge in [0, 0.05) is 12.6 Å². The molecule has 1 fully saturated rings. The quantitative estimate of drug-likeness (QED) is 0.719. The highest BCUT2D eigenvalue weighted by Crippen LogP contribution is 2.24. The predicted molar refractivity (Wildman–Crippen MR) is 78.0 cm³/mol. The molecule has 0 aromatic carbocycles. The molecule has 0 aliphatic heterocycles. The first-order valence-corrected chi connectivity index (χ1v) is 7.51. The van der Waals surface area contributed by atoms with Gasteiger partial charge >= 0.3 is 6.03 Å². The molecule has 3 N–H and O–H groups in total. The summed E-state index contributed by atoms with van der Waals surface area (Å²) in [7, 11) is 0. The maximum Gasteiger partial charge on any atom is 0.315 e. The highest BCUT2D eigenvalue weighted by atomic mass is 16.3. The Bertz CT molecular complexity index is 282. The zero-order valence-corrected chi connectivity index (χ0v) is 12.8. The second-order valence-electron chi connectivity index (χ2n) is 7.09. The molecule has 4 nitrogen and oxygen atoms in total. The number of aliphatic hydroxyl groups excluding tert-OH is 1. The molecule has 1 saturated carbocycles. The SMILES string of the molecule is CC(C)CC(C)(C)CNC(=O)NC1CCC(O)CC1. The lowest BCUT2D eigenvalue weighted by atomic mass is 9.84. The van der Waals surface area contributed by atoms with Crippen LogP contribution in [0.25, 0.3) is 0 Å². The van der Waals surface area contributed by atoms with Crippen LogP contribution < -0.4 is 10.6 Å². The first-order chi connectivity index (χ1) is 8.78. The molecule has 4 heteroatoms. The van der Waals surface area contributed by atoms with Gasteiger partial charge < -0.3 is 15.7 Å². The number of hydrogen-bond donors (Lipinski definition) is 3. The van der Waals surface area contributed by atoms with Crippen LogP contribution in [0.3, 0.4) is 0 Å². The molecular weight excluding hydrogens is 240 g/mol. The van der Waals surface area contributed by atoms with E-state index in [9.17, 15) is 9.90 Å². The fraction of sp³-hybridized carbons (Fsp3) is 0.933. The highest BCUT2D eigenvalue weighted by Gasteiger charge is 2.23. The molecule has 1 aliphatic rings. The summed E-state index contributed by atoms with van der Waals surface area (Å²) in [5.74, 6) is 0.639. The first kappa shape index (κ1) is 16.3. The lowest BCUT2D eigenvalue weighted by Gasteiger charge is -2.29. The van der Waals surface area contributed by atoms with Crippen LogP contribution in [-0.2, 0) is 0 Å². The molecule has 2 amide bonds. The van der Waals surface area contributed by atoms with Crippen LogP contribution in [0.1, 0.15) is 59.8 Å². The van der Waals surface area contributed by atoms with Crippen LogP contribution in [0.2, 0.25) is 0 Å². The molecule has 0 spiro atoms. The number of amides is 2. The zero-order chi connectivity index (χ0) is 14.5. The van der Waals surface area contributed by atoms with Gasteiger partial charge in [-0.1, -0.05) is 27.7 Å². The normalized spacial score (nSPS) is 24.3. The van der Waals surface area contributed by atoms with Crippen LogP contribution in [-0.4, -0.2) is 29.8 Å². The Morgan fingerprint density at radius 1 is 1.26 bits per heavy atom. The number of hydrogen-bond acceptors (Lipinski definition) is 2. The molecule has 0 heterocycles. The number of carbonyl (C=O) groups is 1. The molecule has 0 saturated heterocycles. The van der Waals surface area contributed by atoms with E-state index in [1.54, 1.807) is 0 Å². The molecule has 0 unspecified atom stereocenters. The number of rotatable bonds is 5. The number of urea groups is 1. The van der Waals surface area contributed by atoms with Crippen molar-refractivity contribution in [3.63, 3.8) is 0 Å². The van der Waals surface area contributed by atoms with Crippen molar-refractivity contribution in [3.05, 3.63) is 0 Å². The zero-order valence-electron chi connectivity index (χ0n) is 12.8. The van der Waals surface area contributed by atoms with E-state index in [4.69, 9.17) is 0 Å². The Kier molecular flexibility index (Phi) is 6.11. The van der Waals surface area contributed by atoms with Crippen molar-refractivity contribution in [3.8, 4) is 0 Å². The summed E-state index contributed by atoms with van der Waals surface area (Å²) in [4.78, 5) is 11.8. The van der Waals surface area contributed by atoms with E-state index in [1.807, 2.05) is 0 Å². The van der Waals surface area contributed by atoms with E-state index in [0.29, 0.717) is 12.5 Å². The molecule has 1 aliphatic carbocycles. The molecule has 112 valence electrons. The molecule has 0 radical (unpaired) electrons. The van der Waals surface area contributed by atoms with Crippen LogP contribution in [0.15, 0.2) is 0 Å². The van der Waals surface area contributed by atoms with Gasteiger partial charge in [-0.15, -0.1) is 0 Å². The predicted octanol–water partition coefficient (Wildman–Crippen LogP) is 2.66. The van der Waals surface area contributed by atoms with Crippen LogP contribution in [0.5, 0.6) is 0 Å². The van der Waals surface area contributed by atoms with E-state index in [2.05, 4.69) is 38.3 Å². The molecule has 19 heavy (non-hydrogen) atoms. The van der Waals surface area contributed by atoms with Gasteiger partial charge in [-0.05, 0) is 43.4 Å². The summed E-state index contributed by atoms with van der Waals surface area (Å²) in [6, 6.07) is 0.148. The van der Waals surface area contributed by atoms with Crippen molar-refractivity contribution in [2.75, 3.05) is 6.54 Å². The Labute approximate surface area is 117 Å². The third-order valence-corrected chi connectivity index (χ3v) is 3.72. The fourth-order valence-corrected chi connectivity index (χ4v) is 2.95. The average molecular weight is 270 g/mol. The summed E-state index contributed by atoms with van der Waals surface area (Å²) in [6.07, 6.45) is 4.27. The van der Waals surface area contributed by atoms with Gasteiger partial charge in [-0.25, -0.2) is 4.79 Å². The van der Waals surface area contributed by atoms with Gasteiger partial charge in [0.05, 0.1) is 6.10 Å². The summed E-state index contributed by atoms with van der Waals surface area (Å²) in [6.45, 7) is 9.48. The topological polar surface area (TPSA) is 61.4 Å². The van der Waals surface area contributed by atoms with Gasteiger partial charge in [-0.3, -0.25) is 0 Å². The molecule has 0 aromatic heterocycles. The van der Waals surface area contributed by atoms with Crippen molar-refractivity contribution in [2.24, 2.45) is 11.3 Å². The second-order valence-corrected chi connectivity index (χ2v) is 7.09. The number of carbonyl (C=O) groups excluding carboxylic acids is 1. The number of nitrogens with one attached hydrogen (secondary N) is 2. The monoisotopic (exact) mass is 270 g/mol. The summed E-state index contributed by atoms with van der Waals surface area (Å²) >= 11 is 0. The van der Waals surface area contributed by atoms with Crippen molar-refractivity contribution < 1.29 is 9.90 Å². The average Bonchev–Trinajstić information content (AvgIpc) is 2.28. The van der Waals surface area contributed by atoms with E-state index < -0.39 is 0 Å². The lowest BCUT2D eigenvalue weighted by Crippen LogP contribution is -2.46. The van der Waals surface area contributed by atoms with Crippen molar-refractivity contribution in [2.45, 2.75) is 71.9 Å². The second kappa shape index (κ2) is 7.13. The van der Waals surface area contributed by atoms with Crippen molar-refractivity contribution >= 4 is 6.03 Å². The minimum absolute atomic E-state index is 0.0711. The smallest absolute Gasteiger partial charge is 0.315 e. The summed E-state index contributed by atoms with van der Waals surface area (Å²) < 4.78 is 0. The molecule has 0 bridgehead atoms. The van der Waals surface area contributed by atoms with E-state index in [1.165, 1.54) is 0 Å². The Hall–Kier alpha value is -0.770. The standard InChI is InChI=1S/C15H30N2O2/c1-11(2)9-15(3,4)10-16-14(19)17-12-5-7-13(18)8-6-12/h11-13,18H,5-10H2,1-4H3,(H2,16,17,19). The van der Waals surface area contributed by atoms with E-state index in [0.717, 1.165) is 32.1 Å². The first-order valence-electron chi connectivity index (χ1n) is 7.51. The van der Waals surface area contributed by atoms with Crippen molar-refractivity contribution in [1.82, 2.24) is 10.6 Å². The minimum atomic E-state index is -0.175. The maximum absolute atomic E-state index is 11.8. The maximum atomic E-state index is 11.8. The van der Waals surface area contributed by atoms with Crippen LogP contribution in [0.4, 0.5) is 4.79 Å². The Morgan fingerprint density at radius 3 is 2.37 bits per heavy atom. The Morgan fingerprint density at radius 2 is 1.84 bits per heavy atom. The van der Waals surface area contributed by atoms with Gasteiger partial charge in [0.1, 0.15) is 0 Å². The van der Waals surface area contributed by atoms with Crippen LogP contribution >= 0.6 is 0 Å². The highest BCUT2D eigenvalue weighted by molar-refractivity contribution is 5.74. The third-order valence-electron chi connectivity index (χ3n) is 3.72. The fourth-order valence-electron chi connectivity index (χ4n) is 2.95. The number of aliphatic hydroxyl groups is 1. The van der Waals surface area contributed by atoms with Gasteiger partial charge in [-0.2, -0.15) is 0 Å². The van der Waals surface area contributed by atoms with Gasteiger partial charge in [0.25, 0.3) is 0 Å². The molecular formula is C15H30N2O2. The third kappa shape index (κ3) is 6.81. The van der Waals surface area contributed by atoms with Crippen LogP contribution in [0, 0.1) is 11.3 Å². The van der Waals surface area contributed by atoms with E-state index in [-0.39, 0.29) is 23.6 Å². The summed E-state index contributed by atoms with van der Waals surface area (Å²) in [5, 5.41) is 15.4. The minimum Gasteiger partial charge on any atom is -0.393 e. The lowest BCUT2D eigenvalue weighted by molar-refractivity contribution is 0.117. The Balaban J connectivity index is 2.24. The van der Waals surface area contributed by atoms with Gasteiger partial charge in [0.2, 0.25) is 0 Å². The van der Waals surface area contributed by atoms with Gasteiger partial charge in [0.15, 0.2) is 0 Å². The molecule has 0 atom stereocenters.